The minimum absolute atomic E-state index is 0.121. The van der Waals surface area contributed by atoms with E-state index in [4.69, 9.17) is 0 Å². The van der Waals surface area contributed by atoms with Gasteiger partial charge in [-0.1, -0.05) is 11.3 Å². The van der Waals surface area contributed by atoms with Gasteiger partial charge in [-0.25, -0.2) is 13.4 Å². The minimum atomic E-state index is -4.39. The average Bonchev–Trinajstić information content (AvgIpc) is 3.01. The lowest BCUT2D eigenvalue weighted by Gasteiger charge is -2.13. The molecule has 4 nitrogen and oxygen atoms in total. The Hall–Kier alpha value is -1.35. The van der Waals surface area contributed by atoms with Gasteiger partial charge in [-0.05, 0) is 31.0 Å². The SMILES string of the molecule is CS(=O)(=O)CC1(CNc2nc3cc(C(F)(F)F)ccc3s2)CC1. The van der Waals surface area contributed by atoms with Crippen LogP contribution in [-0.4, -0.2) is 32.0 Å². The van der Waals surface area contributed by atoms with Crippen molar-refractivity contribution in [1.82, 2.24) is 4.98 Å². The standard InChI is InChI=1S/C14H15F3N2O2S2/c1-23(20,21)8-13(4-5-13)7-18-12-19-10-6-9(14(15,16)17)2-3-11(10)22-12/h2-3,6H,4-5,7-8H2,1H3,(H,18,19). The first-order valence-corrected chi connectivity index (χ1v) is 9.84. The summed E-state index contributed by atoms with van der Waals surface area (Å²) < 4.78 is 61.6. The van der Waals surface area contributed by atoms with Crippen LogP contribution in [0.1, 0.15) is 18.4 Å². The molecule has 0 radical (unpaired) electrons. The third-order valence-electron chi connectivity index (χ3n) is 3.85. The highest BCUT2D eigenvalue weighted by Gasteiger charge is 2.45. The average molecular weight is 364 g/mol. The van der Waals surface area contributed by atoms with Crippen LogP contribution in [0.5, 0.6) is 0 Å². The second-order valence-electron chi connectivity index (χ2n) is 6.12. The lowest BCUT2D eigenvalue weighted by Crippen LogP contribution is -2.24. The molecule has 0 bridgehead atoms. The molecule has 126 valence electrons. The molecule has 1 heterocycles. The number of rotatable bonds is 5. The van der Waals surface area contributed by atoms with Crippen molar-refractivity contribution in [3.05, 3.63) is 23.8 Å². The quantitative estimate of drug-likeness (QED) is 0.881. The van der Waals surface area contributed by atoms with Crippen molar-refractivity contribution in [2.24, 2.45) is 5.41 Å². The van der Waals surface area contributed by atoms with Gasteiger partial charge in [0.05, 0.1) is 21.5 Å². The molecule has 9 heteroatoms. The zero-order chi connectivity index (χ0) is 16.9. The van der Waals surface area contributed by atoms with Crippen molar-refractivity contribution in [2.75, 3.05) is 23.9 Å². The summed E-state index contributed by atoms with van der Waals surface area (Å²) in [5, 5.41) is 3.59. The van der Waals surface area contributed by atoms with E-state index in [0.29, 0.717) is 21.9 Å². The van der Waals surface area contributed by atoms with Crippen molar-refractivity contribution in [3.8, 4) is 0 Å². The fourth-order valence-electron chi connectivity index (χ4n) is 2.55. The van der Waals surface area contributed by atoms with Crippen LogP contribution >= 0.6 is 11.3 Å². The van der Waals surface area contributed by atoms with E-state index in [0.717, 1.165) is 25.0 Å². The first-order valence-electron chi connectivity index (χ1n) is 6.96. The van der Waals surface area contributed by atoms with E-state index in [-0.39, 0.29) is 11.2 Å². The highest BCUT2D eigenvalue weighted by atomic mass is 32.2. The summed E-state index contributed by atoms with van der Waals surface area (Å²) in [5.74, 6) is 0.121. The number of hydrogen-bond acceptors (Lipinski definition) is 5. The molecule has 0 spiro atoms. The van der Waals surface area contributed by atoms with Gasteiger partial charge in [0.15, 0.2) is 5.13 Å². The molecule has 2 aromatic rings. The Bertz CT molecular complexity index is 839. The number of thiazole rings is 1. The molecule has 1 fully saturated rings. The van der Waals surface area contributed by atoms with Crippen LogP contribution in [0.3, 0.4) is 0 Å². The van der Waals surface area contributed by atoms with E-state index in [9.17, 15) is 21.6 Å². The summed E-state index contributed by atoms with van der Waals surface area (Å²) in [5.41, 5.74) is -0.694. The topological polar surface area (TPSA) is 59.1 Å². The number of aromatic nitrogens is 1. The number of halogens is 3. The Balaban J connectivity index is 1.74. The van der Waals surface area contributed by atoms with Gasteiger partial charge in [-0.15, -0.1) is 0 Å². The fraction of sp³-hybridized carbons (Fsp3) is 0.500. The van der Waals surface area contributed by atoms with Gasteiger partial charge >= 0.3 is 6.18 Å². The Morgan fingerprint density at radius 1 is 1.35 bits per heavy atom. The van der Waals surface area contributed by atoms with Crippen molar-refractivity contribution in [3.63, 3.8) is 0 Å². The van der Waals surface area contributed by atoms with E-state index in [2.05, 4.69) is 10.3 Å². The number of fused-ring (bicyclic) bond motifs is 1. The molecular formula is C14H15F3N2O2S2. The molecule has 1 saturated carbocycles. The summed E-state index contributed by atoms with van der Waals surface area (Å²) in [6.07, 6.45) is -1.52. The van der Waals surface area contributed by atoms with E-state index < -0.39 is 21.6 Å². The summed E-state index contributed by atoms with van der Waals surface area (Å²) in [7, 11) is -3.05. The van der Waals surface area contributed by atoms with Crippen LogP contribution in [0, 0.1) is 5.41 Å². The van der Waals surface area contributed by atoms with Gasteiger partial charge in [0.2, 0.25) is 0 Å². The van der Waals surface area contributed by atoms with Crippen LogP contribution in [0.15, 0.2) is 18.2 Å². The maximum absolute atomic E-state index is 12.7. The number of nitrogens with zero attached hydrogens (tertiary/aromatic N) is 1. The normalized spacial score (nSPS) is 17.4. The van der Waals surface area contributed by atoms with Crippen molar-refractivity contribution in [2.45, 2.75) is 19.0 Å². The minimum Gasteiger partial charge on any atom is -0.361 e. The predicted octanol–water partition coefficient (Wildman–Crippen LogP) is 3.55. The Kier molecular flexibility index (Phi) is 3.83. The van der Waals surface area contributed by atoms with Gasteiger partial charge in [-0.2, -0.15) is 13.2 Å². The molecule has 0 unspecified atom stereocenters. The van der Waals surface area contributed by atoms with Crippen LogP contribution in [0.25, 0.3) is 10.2 Å². The van der Waals surface area contributed by atoms with Crippen LogP contribution in [0.2, 0.25) is 0 Å². The lowest BCUT2D eigenvalue weighted by molar-refractivity contribution is -0.137. The van der Waals surface area contributed by atoms with E-state index >= 15 is 0 Å². The molecule has 0 aliphatic heterocycles. The van der Waals surface area contributed by atoms with E-state index in [1.807, 2.05) is 0 Å². The highest BCUT2D eigenvalue weighted by Crippen LogP contribution is 2.47. The van der Waals surface area contributed by atoms with Crippen LogP contribution < -0.4 is 5.32 Å². The second-order valence-corrected chi connectivity index (χ2v) is 9.29. The summed E-state index contributed by atoms with van der Waals surface area (Å²) in [6.45, 7) is 0.464. The zero-order valence-corrected chi connectivity index (χ0v) is 13.9. The molecule has 1 aliphatic rings. The third kappa shape index (κ3) is 3.95. The molecule has 0 saturated heterocycles. The number of sulfone groups is 1. The smallest absolute Gasteiger partial charge is 0.361 e. The maximum atomic E-state index is 12.7. The Labute approximate surface area is 135 Å². The van der Waals surface area contributed by atoms with Gasteiger partial charge < -0.3 is 5.32 Å². The lowest BCUT2D eigenvalue weighted by atomic mass is 10.1. The van der Waals surface area contributed by atoms with Crippen molar-refractivity contribution < 1.29 is 21.6 Å². The Morgan fingerprint density at radius 3 is 2.61 bits per heavy atom. The number of alkyl halides is 3. The summed E-state index contributed by atoms with van der Waals surface area (Å²) in [6, 6.07) is 3.47. The molecule has 1 aromatic heterocycles. The number of anilines is 1. The van der Waals surface area contributed by atoms with Crippen molar-refractivity contribution >= 4 is 36.5 Å². The van der Waals surface area contributed by atoms with E-state index in [1.54, 1.807) is 0 Å². The predicted molar refractivity (Wildman–Crippen MR) is 84.5 cm³/mol. The summed E-state index contributed by atoms with van der Waals surface area (Å²) in [4.78, 5) is 4.17. The van der Waals surface area contributed by atoms with Gasteiger partial charge in [0.25, 0.3) is 0 Å². The number of benzene rings is 1. The summed E-state index contributed by atoms with van der Waals surface area (Å²) >= 11 is 1.26. The molecule has 23 heavy (non-hydrogen) atoms. The third-order valence-corrected chi connectivity index (χ3v) is 5.99. The molecule has 1 aliphatic carbocycles. The monoisotopic (exact) mass is 364 g/mol. The van der Waals surface area contributed by atoms with Crippen LogP contribution in [0.4, 0.5) is 18.3 Å². The zero-order valence-electron chi connectivity index (χ0n) is 12.3. The van der Waals surface area contributed by atoms with Crippen molar-refractivity contribution in [1.29, 1.82) is 0 Å². The Morgan fingerprint density at radius 2 is 2.04 bits per heavy atom. The van der Waals surface area contributed by atoms with Gasteiger partial charge in [0.1, 0.15) is 9.84 Å². The number of nitrogens with one attached hydrogen (secondary N) is 1. The van der Waals surface area contributed by atoms with Crippen LogP contribution in [-0.2, 0) is 16.0 Å². The molecule has 3 rings (SSSR count). The fourth-order valence-corrected chi connectivity index (χ4v) is 4.89. The first kappa shape index (κ1) is 16.5. The molecular weight excluding hydrogens is 349 g/mol. The molecule has 0 atom stereocenters. The van der Waals surface area contributed by atoms with Gasteiger partial charge in [0, 0.05) is 18.2 Å². The maximum Gasteiger partial charge on any atom is 0.416 e. The highest BCUT2D eigenvalue weighted by molar-refractivity contribution is 7.90. The first-order chi connectivity index (χ1) is 10.6. The molecule has 0 amide bonds. The van der Waals surface area contributed by atoms with Gasteiger partial charge in [-0.3, -0.25) is 0 Å². The van der Waals surface area contributed by atoms with E-state index in [1.165, 1.54) is 23.7 Å². The second kappa shape index (κ2) is 5.34. The molecule has 1 N–H and O–H groups in total. The largest absolute Gasteiger partial charge is 0.416 e. The molecule has 1 aromatic carbocycles. The number of hydrogen-bond donors (Lipinski definition) is 1.